The molecular weight excluding hydrogens is 652 g/mol. The maximum Gasteiger partial charge on any atom is 0.313 e. The van der Waals surface area contributed by atoms with Gasteiger partial charge in [0.15, 0.2) is 0 Å². The van der Waals surface area contributed by atoms with Crippen LogP contribution in [-0.4, -0.2) is 97.1 Å². The first kappa shape index (κ1) is 35.9. The van der Waals surface area contributed by atoms with Crippen LogP contribution >= 0.6 is 0 Å². The number of nitrogens with one attached hydrogen (secondary N) is 1. The summed E-state index contributed by atoms with van der Waals surface area (Å²) in [7, 11) is 0. The molecule has 3 aliphatic heterocycles. The second-order valence-electron chi connectivity index (χ2n) is 13.5. The van der Waals surface area contributed by atoms with Crippen molar-refractivity contribution < 1.29 is 33.8 Å². The van der Waals surface area contributed by atoms with E-state index in [1.54, 1.807) is 28.7 Å². The van der Waals surface area contributed by atoms with E-state index in [-0.39, 0.29) is 50.5 Å². The molecule has 1 spiro atoms. The van der Waals surface area contributed by atoms with Gasteiger partial charge in [-0.2, -0.15) is 0 Å². The molecule has 3 saturated heterocycles. The van der Waals surface area contributed by atoms with Crippen molar-refractivity contribution in [2.24, 2.45) is 11.8 Å². The van der Waals surface area contributed by atoms with Crippen LogP contribution in [0.5, 0.6) is 0 Å². The Bertz CT molecular complexity index is 1760. The smallest absolute Gasteiger partial charge is 0.313 e. The lowest BCUT2D eigenvalue weighted by Gasteiger charge is -2.36. The van der Waals surface area contributed by atoms with Crippen LogP contribution in [0.4, 0.5) is 0 Å². The van der Waals surface area contributed by atoms with E-state index in [4.69, 9.17) is 9.47 Å². The Morgan fingerprint density at radius 3 is 2.65 bits per heavy atom. The molecule has 3 aromatic rings. The minimum atomic E-state index is -1.25. The quantitative estimate of drug-likeness (QED) is 0.123. The summed E-state index contributed by atoms with van der Waals surface area (Å²) in [6.07, 6.45) is 4.37. The van der Waals surface area contributed by atoms with E-state index in [1.807, 2.05) is 54.6 Å². The highest BCUT2D eigenvalue weighted by molar-refractivity contribution is 5.98. The molecule has 0 unspecified atom stereocenters. The SMILES string of the molecule is C=CCCC(=O)N[C@@H](C)[C@H](OC(=O)[C@@H]1[C@@H]2CC[C@]3(O2)[C@H](C(=O)N(CC=C)Cn2nnc4ccccc42)N(CCCCO)C(=O)[C@@H]13)c1ccccc1. The van der Waals surface area contributed by atoms with Crippen molar-refractivity contribution in [1.29, 1.82) is 0 Å². The summed E-state index contributed by atoms with van der Waals surface area (Å²) in [6.45, 7) is 9.71. The van der Waals surface area contributed by atoms with Gasteiger partial charge in [0.25, 0.3) is 0 Å². The zero-order chi connectivity index (χ0) is 36.1. The third-order valence-electron chi connectivity index (χ3n) is 10.3. The number of benzene rings is 2. The van der Waals surface area contributed by atoms with E-state index in [0.717, 1.165) is 5.52 Å². The van der Waals surface area contributed by atoms with Crippen molar-refractivity contribution in [3.8, 4) is 0 Å². The number of aliphatic hydroxyl groups excluding tert-OH is 1. The fourth-order valence-corrected chi connectivity index (χ4v) is 8.00. The number of nitrogens with zero attached hydrogens (tertiary/aromatic N) is 5. The number of carbonyl (C=O) groups is 4. The summed E-state index contributed by atoms with van der Waals surface area (Å²) in [5.74, 6) is -3.40. The monoisotopic (exact) mass is 698 g/mol. The highest BCUT2D eigenvalue weighted by Gasteiger charge is 2.75. The number of aliphatic hydroxyl groups is 1. The third-order valence-corrected chi connectivity index (χ3v) is 10.3. The summed E-state index contributed by atoms with van der Waals surface area (Å²) in [4.78, 5) is 59.3. The lowest BCUT2D eigenvalue weighted by atomic mass is 9.70. The summed E-state index contributed by atoms with van der Waals surface area (Å²) < 4.78 is 14.5. The zero-order valence-electron chi connectivity index (χ0n) is 28.9. The molecule has 13 nitrogen and oxygen atoms in total. The number of hydrogen-bond acceptors (Lipinski definition) is 9. The van der Waals surface area contributed by atoms with Gasteiger partial charge in [-0.05, 0) is 56.7 Å². The molecule has 0 radical (unpaired) electrons. The van der Waals surface area contributed by atoms with E-state index in [0.29, 0.717) is 43.2 Å². The van der Waals surface area contributed by atoms with E-state index in [1.165, 1.54) is 4.90 Å². The van der Waals surface area contributed by atoms with Crippen LogP contribution in [0.15, 0.2) is 79.9 Å². The van der Waals surface area contributed by atoms with Crippen molar-refractivity contribution in [3.05, 3.63) is 85.5 Å². The van der Waals surface area contributed by atoms with Crippen molar-refractivity contribution >= 4 is 34.7 Å². The molecule has 2 aromatic carbocycles. The number of para-hydroxylation sites is 1. The third kappa shape index (κ3) is 6.92. The van der Waals surface area contributed by atoms with Gasteiger partial charge in [-0.1, -0.05) is 59.8 Å². The maximum atomic E-state index is 14.7. The number of aromatic nitrogens is 3. The van der Waals surface area contributed by atoms with Gasteiger partial charge < -0.3 is 29.7 Å². The molecule has 13 heteroatoms. The van der Waals surface area contributed by atoms with Gasteiger partial charge >= 0.3 is 5.97 Å². The number of allylic oxidation sites excluding steroid dienone is 1. The topological polar surface area (TPSA) is 156 Å². The van der Waals surface area contributed by atoms with Crippen LogP contribution in [0.2, 0.25) is 0 Å². The Labute approximate surface area is 297 Å². The highest BCUT2D eigenvalue weighted by Crippen LogP contribution is 2.59. The molecule has 2 bridgehead atoms. The van der Waals surface area contributed by atoms with Crippen molar-refractivity contribution in [1.82, 2.24) is 30.1 Å². The van der Waals surface area contributed by atoms with Crippen LogP contribution in [-0.2, 0) is 35.3 Å². The van der Waals surface area contributed by atoms with Gasteiger partial charge in [0, 0.05) is 26.1 Å². The van der Waals surface area contributed by atoms with E-state index < -0.39 is 47.7 Å². The van der Waals surface area contributed by atoms with Gasteiger partial charge in [-0.25, -0.2) is 4.68 Å². The maximum absolute atomic E-state index is 14.7. The Morgan fingerprint density at radius 1 is 1.14 bits per heavy atom. The molecule has 3 fully saturated rings. The second-order valence-corrected chi connectivity index (χ2v) is 13.5. The number of likely N-dealkylation sites (tertiary alicyclic amines) is 1. The van der Waals surface area contributed by atoms with Crippen molar-refractivity contribution in [2.45, 2.75) is 82.0 Å². The molecule has 7 atom stereocenters. The first-order valence-electron chi connectivity index (χ1n) is 17.7. The standard InChI is InChI=1S/C38H46N6O7/c1-4-6-18-30(46)39-25(3)33(26-14-8-7-9-15-26)50-37(49)31-29-19-20-38(51-29)32(31)35(47)43(22-12-13-23-45)34(38)36(48)42(21-5-2)24-44-28-17-11-10-16-27(28)40-41-44/h4-5,7-11,14-17,25,29,31-34,45H,1-2,6,12-13,18-24H2,3H3,(H,39,46)/t25-,29-,31+,32+,33-,34-,38+/m0/s1. The van der Waals surface area contributed by atoms with Crippen molar-refractivity contribution in [2.75, 3.05) is 19.7 Å². The number of hydrogen-bond donors (Lipinski definition) is 2. The Morgan fingerprint density at radius 2 is 1.90 bits per heavy atom. The van der Waals surface area contributed by atoms with E-state index in [9.17, 15) is 24.3 Å². The normalized spacial score (nSPS) is 24.6. The number of amides is 3. The minimum absolute atomic E-state index is 0.0609. The number of rotatable bonds is 17. The first-order chi connectivity index (χ1) is 24.7. The molecule has 270 valence electrons. The Hall–Kier alpha value is -4.88. The van der Waals surface area contributed by atoms with Gasteiger partial charge in [0.05, 0.1) is 29.5 Å². The highest BCUT2D eigenvalue weighted by atomic mass is 16.6. The van der Waals surface area contributed by atoms with Crippen molar-refractivity contribution in [3.63, 3.8) is 0 Å². The van der Waals surface area contributed by atoms with Gasteiger partial charge in [0.2, 0.25) is 17.7 Å². The lowest BCUT2D eigenvalue weighted by molar-refractivity contribution is -0.162. The zero-order valence-corrected chi connectivity index (χ0v) is 28.9. The van der Waals surface area contributed by atoms with E-state index >= 15 is 0 Å². The number of esters is 1. The van der Waals surface area contributed by atoms with Crippen LogP contribution in [0.1, 0.15) is 57.1 Å². The fourth-order valence-electron chi connectivity index (χ4n) is 8.00. The average Bonchev–Trinajstić information content (AvgIpc) is 3.89. The molecule has 1 aromatic heterocycles. The molecule has 3 aliphatic rings. The molecule has 51 heavy (non-hydrogen) atoms. The molecule has 3 amide bonds. The van der Waals surface area contributed by atoms with Crippen LogP contribution in [0, 0.1) is 11.8 Å². The first-order valence-corrected chi connectivity index (χ1v) is 17.7. The molecule has 0 saturated carbocycles. The molecular formula is C38H46N6O7. The summed E-state index contributed by atoms with van der Waals surface area (Å²) in [5.41, 5.74) is 0.872. The predicted octanol–water partition coefficient (Wildman–Crippen LogP) is 3.31. The number of ether oxygens (including phenoxy) is 2. The van der Waals surface area contributed by atoms with Gasteiger partial charge in [-0.3, -0.25) is 19.2 Å². The van der Waals surface area contributed by atoms with Gasteiger partial charge in [0.1, 0.15) is 29.9 Å². The van der Waals surface area contributed by atoms with Crippen LogP contribution < -0.4 is 5.32 Å². The lowest BCUT2D eigenvalue weighted by Crippen LogP contribution is -2.56. The number of unbranched alkanes of at least 4 members (excludes halogenated alkanes) is 1. The molecule has 4 heterocycles. The van der Waals surface area contributed by atoms with Gasteiger partial charge in [-0.15, -0.1) is 18.3 Å². The van der Waals surface area contributed by atoms with E-state index in [2.05, 4.69) is 28.8 Å². The average molecular weight is 699 g/mol. The van der Waals surface area contributed by atoms with Crippen LogP contribution in [0.25, 0.3) is 11.0 Å². The predicted molar refractivity (Wildman–Crippen MR) is 187 cm³/mol. The molecule has 0 aliphatic carbocycles. The summed E-state index contributed by atoms with van der Waals surface area (Å²) in [6, 6.07) is 15.0. The second kappa shape index (κ2) is 15.6. The molecule has 2 N–H and O–H groups in total. The Kier molecular flexibility index (Phi) is 11.0. The number of carbonyl (C=O) groups excluding carboxylic acids is 4. The fraction of sp³-hybridized carbons (Fsp3) is 0.474. The largest absolute Gasteiger partial charge is 0.455 e. The summed E-state index contributed by atoms with van der Waals surface area (Å²) in [5, 5.41) is 21.0. The summed E-state index contributed by atoms with van der Waals surface area (Å²) >= 11 is 0. The Balaban J connectivity index is 1.30. The minimum Gasteiger partial charge on any atom is -0.455 e. The van der Waals surface area contributed by atoms with Crippen LogP contribution in [0.3, 0.4) is 0 Å². The number of fused-ring (bicyclic) bond motifs is 2. The molecule has 6 rings (SSSR count).